The van der Waals surface area contributed by atoms with Crippen LogP contribution in [-0.4, -0.2) is 50.8 Å². The first-order chi connectivity index (χ1) is 9.79. The molecule has 2 rings (SSSR count). The lowest BCUT2D eigenvalue weighted by molar-refractivity contribution is -0.117. The van der Waals surface area contributed by atoms with E-state index >= 15 is 0 Å². The number of carbonyl (C=O) groups is 1. The van der Waals surface area contributed by atoms with Gasteiger partial charge in [-0.2, -0.15) is 0 Å². The molecule has 0 unspecified atom stereocenters. The number of ether oxygens (including phenoxy) is 2. The van der Waals surface area contributed by atoms with Crippen molar-refractivity contribution in [2.45, 2.75) is 13.0 Å². The SMILES string of the molecule is COCCC(=O)Nc1ccccc1CN1CCOCC1. The summed E-state index contributed by atoms with van der Waals surface area (Å²) in [5, 5.41) is 2.96. The Morgan fingerprint density at radius 3 is 2.85 bits per heavy atom. The summed E-state index contributed by atoms with van der Waals surface area (Å²) in [7, 11) is 1.60. The van der Waals surface area contributed by atoms with Crippen molar-refractivity contribution in [1.29, 1.82) is 0 Å². The van der Waals surface area contributed by atoms with E-state index in [1.165, 1.54) is 0 Å². The maximum atomic E-state index is 11.8. The molecule has 1 aliphatic rings. The molecule has 0 radical (unpaired) electrons. The number of nitrogens with one attached hydrogen (secondary N) is 1. The zero-order valence-electron chi connectivity index (χ0n) is 11.9. The third-order valence-corrected chi connectivity index (χ3v) is 3.32. The van der Waals surface area contributed by atoms with Crippen LogP contribution in [0.1, 0.15) is 12.0 Å². The minimum Gasteiger partial charge on any atom is -0.384 e. The molecule has 0 aromatic heterocycles. The Morgan fingerprint density at radius 2 is 2.10 bits per heavy atom. The predicted molar refractivity (Wildman–Crippen MR) is 77.7 cm³/mol. The van der Waals surface area contributed by atoms with Crippen molar-refractivity contribution in [3.63, 3.8) is 0 Å². The van der Waals surface area contributed by atoms with Gasteiger partial charge in [0, 0.05) is 32.4 Å². The van der Waals surface area contributed by atoms with Gasteiger partial charge in [0.25, 0.3) is 0 Å². The topological polar surface area (TPSA) is 50.8 Å². The van der Waals surface area contributed by atoms with E-state index < -0.39 is 0 Å². The second-order valence-electron chi connectivity index (χ2n) is 4.84. The molecule has 0 atom stereocenters. The Hall–Kier alpha value is -1.43. The number of rotatable bonds is 6. The molecule has 1 aromatic rings. The Morgan fingerprint density at radius 1 is 1.35 bits per heavy atom. The molecule has 0 saturated carbocycles. The summed E-state index contributed by atoms with van der Waals surface area (Å²) in [5.74, 6) is -0.0127. The van der Waals surface area contributed by atoms with Gasteiger partial charge >= 0.3 is 0 Å². The van der Waals surface area contributed by atoms with Gasteiger partial charge in [0.1, 0.15) is 0 Å². The molecule has 0 spiro atoms. The summed E-state index contributed by atoms with van der Waals surface area (Å²) < 4.78 is 10.3. The van der Waals surface area contributed by atoms with Gasteiger partial charge in [-0.05, 0) is 11.6 Å². The number of para-hydroxylation sites is 1. The van der Waals surface area contributed by atoms with Crippen LogP contribution in [0.15, 0.2) is 24.3 Å². The first-order valence-electron chi connectivity index (χ1n) is 6.96. The molecule has 5 nitrogen and oxygen atoms in total. The van der Waals surface area contributed by atoms with Crippen LogP contribution in [0.4, 0.5) is 5.69 Å². The van der Waals surface area contributed by atoms with Crippen molar-refractivity contribution >= 4 is 11.6 Å². The van der Waals surface area contributed by atoms with Crippen LogP contribution in [-0.2, 0) is 20.8 Å². The molecule has 1 N–H and O–H groups in total. The largest absolute Gasteiger partial charge is 0.384 e. The summed E-state index contributed by atoms with van der Waals surface area (Å²) in [5.41, 5.74) is 2.03. The number of carbonyl (C=O) groups excluding carboxylic acids is 1. The van der Waals surface area contributed by atoms with Gasteiger partial charge in [0.05, 0.1) is 26.2 Å². The van der Waals surface area contributed by atoms with Gasteiger partial charge < -0.3 is 14.8 Å². The molecule has 5 heteroatoms. The van der Waals surface area contributed by atoms with E-state index in [1.54, 1.807) is 7.11 Å². The Balaban J connectivity index is 1.96. The lowest BCUT2D eigenvalue weighted by atomic mass is 10.1. The fourth-order valence-electron chi connectivity index (χ4n) is 2.19. The van der Waals surface area contributed by atoms with Gasteiger partial charge in [-0.1, -0.05) is 18.2 Å². The van der Waals surface area contributed by atoms with Crippen LogP contribution in [0.5, 0.6) is 0 Å². The van der Waals surface area contributed by atoms with Crippen molar-refractivity contribution in [1.82, 2.24) is 4.90 Å². The number of hydrogen-bond donors (Lipinski definition) is 1. The Kier molecular flexibility index (Phi) is 5.98. The summed E-state index contributed by atoms with van der Waals surface area (Å²) in [6.45, 7) is 4.71. The zero-order valence-corrected chi connectivity index (χ0v) is 11.9. The van der Waals surface area contributed by atoms with E-state index in [-0.39, 0.29) is 5.91 Å². The molecular weight excluding hydrogens is 256 g/mol. The van der Waals surface area contributed by atoms with Crippen molar-refractivity contribution in [2.24, 2.45) is 0 Å². The maximum absolute atomic E-state index is 11.8. The average Bonchev–Trinajstić information content (AvgIpc) is 2.48. The third kappa shape index (κ3) is 4.59. The zero-order chi connectivity index (χ0) is 14.2. The number of methoxy groups -OCH3 is 1. The van der Waals surface area contributed by atoms with Crippen LogP contribution >= 0.6 is 0 Å². The van der Waals surface area contributed by atoms with Gasteiger partial charge in [0.15, 0.2) is 0 Å². The first-order valence-corrected chi connectivity index (χ1v) is 6.96. The number of morpholine rings is 1. The molecule has 1 saturated heterocycles. The normalized spacial score (nSPS) is 16.1. The standard InChI is InChI=1S/C15H22N2O3/c1-19-9-6-15(18)16-14-5-3-2-4-13(14)12-17-7-10-20-11-8-17/h2-5H,6-12H2,1H3,(H,16,18). The highest BCUT2D eigenvalue weighted by Gasteiger charge is 2.13. The second-order valence-corrected chi connectivity index (χ2v) is 4.84. The lowest BCUT2D eigenvalue weighted by Crippen LogP contribution is -2.35. The molecule has 1 aliphatic heterocycles. The van der Waals surface area contributed by atoms with Gasteiger partial charge in [-0.3, -0.25) is 9.69 Å². The molecule has 1 heterocycles. The molecular formula is C15H22N2O3. The van der Waals surface area contributed by atoms with Crippen molar-refractivity contribution in [2.75, 3.05) is 45.3 Å². The molecule has 1 fully saturated rings. The minimum absolute atomic E-state index is 0.0127. The van der Waals surface area contributed by atoms with E-state index in [2.05, 4.69) is 16.3 Å². The molecule has 1 amide bonds. The van der Waals surface area contributed by atoms with E-state index in [1.807, 2.05) is 18.2 Å². The van der Waals surface area contributed by atoms with Crippen LogP contribution in [0.3, 0.4) is 0 Å². The van der Waals surface area contributed by atoms with E-state index in [0.29, 0.717) is 13.0 Å². The fraction of sp³-hybridized carbons (Fsp3) is 0.533. The monoisotopic (exact) mass is 278 g/mol. The van der Waals surface area contributed by atoms with Crippen molar-refractivity contribution < 1.29 is 14.3 Å². The highest BCUT2D eigenvalue weighted by molar-refractivity contribution is 5.91. The third-order valence-electron chi connectivity index (χ3n) is 3.32. The molecule has 110 valence electrons. The van der Waals surface area contributed by atoms with E-state index in [4.69, 9.17) is 9.47 Å². The van der Waals surface area contributed by atoms with E-state index in [9.17, 15) is 4.79 Å². The average molecular weight is 278 g/mol. The Bertz CT molecular complexity index is 431. The van der Waals surface area contributed by atoms with Crippen molar-refractivity contribution in [3.8, 4) is 0 Å². The Labute approximate surface area is 119 Å². The van der Waals surface area contributed by atoms with Crippen molar-refractivity contribution in [3.05, 3.63) is 29.8 Å². The molecule has 20 heavy (non-hydrogen) atoms. The number of amides is 1. The summed E-state index contributed by atoms with van der Waals surface area (Å²) >= 11 is 0. The van der Waals surface area contributed by atoms with Gasteiger partial charge in [-0.25, -0.2) is 0 Å². The summed E-state index contributed by atoms with van der Waals surface area (Å²) in [6, 6.07) is 7.94. The summed E-state index contributed by atoms with van der Waals surface area (Å²) in [6.07, 6.45) is 0.377. The first kappa shape index (κ1) is 15.0. The quantitative estimate of drug-likeness (QED) is 0.856. The number of hydrogen-bond acceptors (Lipinski definition) is 4. The van der Waals surface area contributed by atoms with Gasteiger partial charge in [0.2, 0.25) is 5.91 Å². The van der Waals surface area contributed by atoms with E-state index in [0.717, 1.165) is 44.1 Å². The highest BCUT2D eigenvalue weighted by atomic mass is 16.5. The smallest absolute Gasteiger partial charge is 0.226 e. The van der Waals surface area contributed by atoms with Crippen LogP contribution in [0.25, 0.3) is 0 Å². The molecule has 0 aliphatic carbocycles. The van der Waals surface area contributed by atoms with Crippen LogP contribution in [0.2, 0.25) is 0 Å². The minimum atomic E-state index is -0.0127. The highest BCUT2D eigenvalue weighted by Crippen LogP contribution is 2.18. The number of benzene rings is 1. The second kappa shape index (κ2) is 7.99. The number of anilines is 1. The predicted octanol–water partition coefficient (Wildman–Crippen LogP) is 1.49. The fourth-order valence-corrected chi connectivity index (χ4v) is 2.19. The summed E-state index contributed by atoms with van der Waals surface area (Å²) in [4.78, 5) is 14.1. The van der Waals surface area contributed by atoms with Crippen LogP contribution in [0, 0.1) is 0 Å². The lowest BCUT2D eigenvalue weighted by Gasteiger charge is -2.27. The number of nitrogens with zero attached hydrogens (tertiary/aromatic N) is 1. The molecule has 0 bridgehead atoms. The van der Waals surface area contributed by atoms with Gasteiger partial charge in [-0.15, -0.1) is 0 Å². The molecule has 1 aromatic carbocycles. The maximum Gasteiger partial charge on any atom is 0.226 e. The van der Waals surface area contributed by atoms with Crippen LogP contribution < -0.4 is 5.32 Å².